The number of hydrogen-bond donors (Lipinski definition) is 1. The summed E-state index contributed by atoms with van der Waals surface area (Å²) in [6.45, 7) is 7.18. The fraction of sp³-hybridized carbons (Fsp3) is 0.625. The van der Waals surface area contributed by atoms with E-state index < -0.39 is 0 Å². The number of rotatable bonds is 8. The number of carbonyl (C=O) groups excluding carboxylic acids is 2. The molecule has 1 aliphatic rings. The van der Waals surface area contributed by atoms with Gasteiger partial charge >= 0.3 is 0 Å². The van der Waals surface area contributed by atoms with Crippen molar-refractivity contribution in [3.63, 3.8) is 0 Å². The number of ketones is 1. The van der Waals surface area contributed by atoms with E-state index >= 15 is 0 Å². The second-order valence-electron chi connectivity index (χ2n) is 5.49. The maximum absolute atomic E-state index is 11.9. The van der Waals surface area contributed by atoms with Crippen molar-refractivity contribution in [2.75, 3.05) is 39.4 Å². The van der Waals surface area contributed by atoms with Gasteiger partial charge in [0.1, 0.15) is 0 Å². The van der Waals surface area contributed by atoms with E-state index in [1.54, 1.807) is 0 Å². The maximum Gasteiger partial charge on any atom is 0.220 e. The van der Waals surface area contributed by atoms with Crippen molar-refractivity contribution in [3.8, 4) is 0 Å². The van der Waals surface area contributed by atoms with Gasteiger partial charge in [-0.2, -0.15) is 0 Å². The highest BCUT2D eigenvalue weighted by atomic mass is 32.1. The summed E-state index contributed by atoms with van der Waals surface area (Å²) in [6, 6.07) is 3.77. The highest BCUT2D eigenvalue weighted by Crippen LogP contribution is 2.17. The van der Waals surface area contributed by atoms with Crippen LogP contribution in [0.1, 0.15) is 33.8 Å². The van der Waals surface area contributed by atoms with Crippen LogP contribution in [0, 0.1) is 6.92 Å². The number of Topliss-reactive ketones (excluding diaryl/α,β-unsaturated/α-hetero) is 1. The molecule has 0 saturated carbocycles. The zero-order chi connectivity index (χ0) is 15.8. The molecule has 1 N–H and O–H groups in total. The first-order chi connectivity index (χ1) is 10.6. The van der Waals surface area contributed by atoms with Crippen LogP contribution < -0.4 is 5.32 Å². The predicted molar refractivity (Wildman–Crippen MR) is 87.5 cm³/mol. The Morgan fingerprint density at radius 1 is 1.27 bits per heavy atom. The number of carbonyl (C=O) groups is 2. The Morgan fingerprint density at radius 3 is 2.73 bits per heavy atom. The van der Waals surface area contributed by atoms with Gasteiger partial charge in [-0.25, -0.2) is 0 Å². The molecule has 1 aromatic heterocycles. The van der Waals surface area contributed by atoms with Crippen molar-refractivity contribution >= 4 is 23.0 Å². The summed E-state index contributed by atoms with van der Waals surface area (Å²) in [5.41, 5.74) is 0. The van der Waals surface area contributed by atoms with Crippen molar-refractivity contribution in [2.45, 2.75) is 26.2 Å². The lowest BCUT2D eigenvalue weighted by Gasteiger charge is -2.26. The fourth-order valence-electron chi connectivity index (χ4n) is 2.38. The fourth-order valence-corrected chi connectivity index (χ4v) is 3.21. The molecule has 0 bridgehead atoms. The quantitative estimate of drug-likeness (QED) is 0.586. The molecule has 2 rings (SSSR count). The lowest BCUT2D eigenvalue weighted by atomic mass is 10.2. The van der Waals surface area contributed by atoms with Crippen LogP contribution in [0.3, 0.4) is 0 Å². The molecule has 0 atom stereocenters. The number of ether oxygens (including phenoxy) is 1. The third kappa shape index (κ3) is 5.87. The van der Waals surface area contributed by atoms with Crippen LogP contribution >= 0.6 is 11.3 Å². The number of aryl methyl sites for hydroxylation is 1. The van der Waals surface area contributed by atoms with Crippen LogP contribution in [0.15, 0.2) is 12.1 Å². The monoisotopic (exact) mass is 324 g/mol. The number of hydrogen-bond acceptors (Lipinski definition) is 5. The summed E-state index contributed by atoms with van der Waals surface area (Å²) < 4.78 is 5.29. The standard InChI is InChI=1S/C16H24N2O3S/c1-13-3-5-15(22-13)14(19)4-6-16(20)17-7-2-8-18-9-11-21-12-10-18/h3,5H,2,4,6-12H2,1H3,(H,17,20). The molecule has 1 saturated heterocycles. The summed E-state index contributed by atoms with van der Waals surface area (Å²) >= 11 is 1.49. The van der Waals surface area contributed by atoms with Crippen LogP contribution in [0.5, 0.6) is 0 Å². The van der Waals surface area contributed by atoms with Gasteiger partial charge in [0.05, 0.1) is 18.1 Å². The third-order valence-electron chi connectivity index (χ3n) is 3.67. The van der Waals surface area contributed by atoms with E-state index in [-0.39, 0.29) is 24.5 Å². The number of nitrogens with one attached hydrogen (secondary N) is 1. The molecule has 6 heteroatoms. The van der Waals surface area contributed by atoms with Crippen LogP contribution in [0.4, 0.5) is 0 Å². The van der Waals surface area contributed by atoms with Gasteiger partial charge in [0.25, 0.3) is 0 Å². The minimum Gasteiger partial charge on any atom is -0.379 e. The van der Waals surface area contributed by atoms with E-state index in [1.165, 1.54) is 11.3 Å². The Labute approximate surface area is 135 Å². The van der Waals surface area contributed by atoms with Gasteiger partial charge < -0.3 is 10.1 Å². The Kier molecular flexibility index (Phi) is 7.02. The molecular formula is C16H24N2O3S. The van der Waals surface area contributed by atoms with Gasteiger partial charge in [-0.15, -0.1) is 11.3 Å². The summed E-state index contributed by atoms with van der Waals surface area (Å²) in [5.74, 6) is 0.0187. The molecule has 1 amide bonds. The highest BCUT2D eigenvalue weighted by Gasteiger charge is 2.12. The van der Waals surface area contributed by atoms with Crippen molar-refractivity contribution in [2.24, 2.45) is 0 Å². The average molecular weight is 324 g/mol. The molecule has 1 fully saturated rings. The van der Waals surface area contributed by atoms with Gasteiger partial charge in [0.2, 0.25) is 5.91 Å². The number of amides is 1. The van der Waals surface area contributed by atoms with Crippen molar-refractivity contribution in [3.05, 3.63) is 21.9 Å². The Morgan fingerprint density at radius 2 is 2.05 bits per heavy atom. The normalized spacial score (nSPS) is 15.7. The Bertz CT molecular complexity index is 495. The highest BCUT2D eigenvalue weighted by molar-refractivity contribution is 7.14. The molecule has 5 nitrogen and oxygen atoms in total. The van der Waals surface area contributed by atoms with Crippen molar-refractivity contribution < 1.29 is 14.3 Å². The molecule has 122 valence electrons. The molecule has 0 aromatic carbocycles. The minimum absolute atomic E-state index is 0.0383. The molecule has 2 heterocycles. The second kappa shape index (κ2) is 9.02. The summed E-state index contributed by atoms with van der Waals surface area (Å²) in [5, 5.41) is 2.89. The van der Waals surface area contributed by atoms with E-state index in [2.05, 4.69) is 10.2 Å². The molecular weight excluding hydrogens is 300 g/mol. The lowest BCUT2D eigenvalue weighted by molar-refractivity contribution is -0.121. The van der Waals surface area contributed by atoms with Gasteiger partial charge in [-0.1, -0.05) is 0 Å². The first-order valence-electron chi connectivity index (χ1n) is 7.81. The summed E-state index contributed by atoms with van der Waals surface area (Å²) in [4.78, 5) is 27.9. The van der Waals surface area contributed by atoms with E-state index in [0.717, 1.165) is 49.0 Å². The first kappa shape index (κ1) is 17.1. The van der Waals surface area contributed by atoms with Gasteiger partial charge in [-0.3, -0.25) is 14.5 Å². The zero-order valence-corrected chi connectivity index (χ0v) is 13.9. The molecule has 1 aromatic rings. The topological polar surface area (TPSA) is 58.6 Å². The van der Waals surface area contributed by atoms with Gasteiger partial charge in [-0.05, 0) is 32.0 Å². The Hall–Kier alpha value is -1.24. The van der Waals surface area contributed by atoms with Gasteiger partial charge in [0.15, 0.2) is 5.78 Å². The maximum atomic E-state index is 11.9. The average Bonchev–Trinajstić information content (AvgIpc) is 2.97. The smallest absolute Gasteiger partial charge is 0.220 e. The predicted octanol–water partition coefficient (Wildman–Crippen LogP) is 1.86. The van der Waals surface area contributed by atoms with Crippen LogP contribution in [-0.4, -0.2) is 56.0 Å². The Balaban J connectivity index is 1.55. The largest absolute Gasteiger partial charge is 0.379 e. The van der Waals surface area contributed by atoms with E-state index in [1.807, 2.05) is 19.1 Å². The number of morpholine rings is 1. The van der Waals surface area contributed by atoms with Crippen LogP contribution in [-0.2, 0) is 9.53 Å². The third-order valence-corrected chi connectivity index (χ3v) is 4.71. The summed E-state index contributed by atoms with van der Waals surface area (Å²) in [6.07, 6.45) is 1.49. The number of nitrogens with zero attached hydrogens (tertiary/aromatic N) is 1. The second-order valence-corrected chi connectivity index (χ2v) is 6.78. The lowest BCUT2D eigenvalue weighted by Crippen LogP contribution is -2.38. The zero-order valence-electron chi connectivity index (χ0n) is 13.1. The summed E-state index contributed by atoms with van der Waals surface area (Å²) in [7, 11) is 0. The minimum atomic E-state index is -0.0383. The SMILES string of the molecule is Cc1ccc(C(=O)CCC(=O)NCCCN2CCOCC2)s1. The van der Waals surface area contributed by atoms with E-state index in [4.69, 9.17) is 4.74 Å². The molecule has 22 heavy (non-hydrogen) atoms. The molecule has 1 aliphatic heterocycles. The molecule has 0 aliphatic carbocycles. The molecule has 0 radical (unpaired) electrons. The van der Waals surface area contributed by atoms with Crippen LogP contribution in [0.25, 0.3) is 0 Å². The van der Waals surface area contributed by atoms with E-state index in [0.29, 0.717) is 6.54 Å². The van der Waals surface area contributed by atoms with Crippen molar-refractivity contribution in [1.82, 2.24) is 10.2 Å². The van der Waals surface area contributed by atoms with Gasteiger partial charge in [0, 0.05) is 37.4 Å². The van der Waals surface area contributed by atoms with Crippen molar-refractivity contribution in [1.29, 1.82) is 0 Å². The number of thiophene rings is 1. The molecule has 0 spiro atoms. The van der Waals surface area contributed by atoms with E-state index in [9.17, 15) is 9.59 Å². The molecule has 0 unspecified atom stereocenters. The first-order valence-corrected chi connectivity index (χ1v) is 8.63. The van der Waals surface area contributed by atoms with Crippen LogP contribution in [0.2, 0.25) is 0 Å².